The van der Waals surface area contributed by atoms with Crippen LogP contribution < -0.4 is 4.74 Å². The maximum Gasteiger partial charge on any atom is 0.259 e. The van der Waals surface area contributed by atoms with Crippen LogP contribution in [0.1, 0.15) is 5.56 Å². The Morgan fingerprint density at radius 1 is 1.43 bits per heavy atom. The van der Waals surface area contributed by atoms with E-state index in [0.29, 0.717) is 5.75 Å². The summed E-state index contributed by atoms with van der Waals surface area (Å²) >= 11 is 11.8. The van der Waals surface area contributed by atoms with Gasteiger partial charge in [-0.3, -0.25) is 4.79 Å². The molecule has 0 amide bonds. The summed E-state index contributed by atoms with van der Waals surface area (Å²) in [5.41, 5.74) is 1.09. The van der Waals surface area contributed by atoms with Crippen LogP contribution in [-0.4, -0.2) is 11.8 Å². The van der Waals surface area contributed by atoms with E-state index in [9.17, 15) is 4.79 Å². The van der Waals surface area contributed by atoms with Gasteiger partial charge in [-0.15, -0.1) is 0 Å². The van der Waals surface area contributed by atoms with Crippen LogP contribution in [0.2, 0.25) is 0 Å². The Morgan fingerprint density at radius 2 is 1.93 bits per heavy atom. The summed E-state index contributed by atoms with van der Waals surface area (Å²) < 4.78 is 6.80. The Labute approximate surface area is 104 Å². The SMILES string of the molecule is Cc1cc(Br)c(OCC(=O)Cl)c(Br)c1. The van der Waals surface area contributed by atoms with Gasteiger partial charge in [-0.1, -0.05) is 0 Å². The molecule has 14 heavy (non-hydrogen) atoms. The fourth-order valence-electron chi connectivity index (χ4n) is 0.953. The van der Waals surface area contributed by atoms with Crippen LogP contribution in [0.3, 0.4) is 0 Å². The van der Waals surface area contributed by atoms with Crippen molar-refractivity contribution in [1.82, 2.24) is 0 Å². The number of hydrogen-bond donors (Lipinski definition) is 0. The van der Waals surface area contributed by atoms with E-state index >= 15 is 0 Å². The molecule has 1 rings (SSSR count). The Kier molecular flexibility index (Phi) is 4.41. The predicted molar refractivity (Wildman–Crippen MR) is 62.9 cm³/mol. The van der Waals surface area contributed by atoms with Gasteiger partial charge >= 0.3 is 0 Å². The number of benzene rings is 1. The van der Waals surface area contributed by atoms with Gasteiger partial charge in [-0.2, -0.15) is 0 Å². The van der Waals surface area contributed by atoms with Crippen LogP contribution >= 0.6 is 43.5 Å². The smallest absolute Gasteiger partial charge is 0.259 e. The van der Waals surface area contributed by atoms with Crippen LogP contribution in [0.4, 0.5) is 0 Å². The summed E-state index contributed by atoms with van der Waals surface area (Å²) in [6.45, 7) is 1.83. The first kappa shape index (κ1) is 12.0. The van der Waals surface area contributed by atoms with Gasteiger partial charge in [0, 0.05) is 0 Å². The molecule has 0 saturated heterocycles. The summed E-state index contributed by atoms with van der Waals surface area (Å²) in [6.07, 6.45) is 0. The van der Waals surface area contributed by atoms with Gasteiger partial charge < -0.3 is 4.74 Å². The van der Waals surface area contributed by atoms with Crippen LogP contribution in [0, 0.1) is 6.92 Å². The number of rotatable bonds is 3. The molecular weight excluding hydrogens is 335 g/mol. The van der Waals surface area contributed by atoms with Gasteiger partial charge in [0.15, 0.2) is 6.61 Å². The Bertz CT molecular complexity index is 343. The maximum absolute atomic E-state index is 10.5. The zero-order valence-electron chi connectivity index (χ0n) is 7.31. The first-order chi connectivity index (χ1) is 6.50. The predicted octanol–water partition coefficient (Wildman–Crippen LogP) is 3.66. The number of carbonyl (C=O) groups excluding carboxylic acids is 1. The number of halogens is 3. The summed E-state index contributed by atoms with van der Waals surface area (Å²) in [5.74, 6) is 0.588. The van der Waals surface area contributed by atoms with E-state index in [0.717, 1.165) is 14.5 Å². The zero-order valence-corrected chi connectivity index (χ0v) is 11.2. The van der Waals surface area contributed by atoms with Crippen LogP contribution in [0.5, 0.6) is 5.75 Å². The molecule has 0 saturated carbocycles. The van der Waals surface area contributed by atoms with E-state index in [4.69, 9.17) is 16.3 Å². The largest absolute Gasteiger partial charge is 0.482 e. The maximum atomic E-state index is 10.5. The summed E-state index contributed by atoms with van der Waals surface area (Å²) in [4.78, 5) is 10.5. The first-order valence-electron chi connectivity index (χ1n) is 3.77. The zero-order chi connectivity index (χ0) is 10.7. The van der Waals surface area contributed by atoms with E-state index in [-0.39, 0.29) is 6.61 Å². The Hall–Kier alpha value is -0.0600. The van der Waals surface area contributed by atoms with E-state index in [1.165, 1.54) is 0 Å². The molecule has 1 aromatic carbocycles. The van der Waals surface area contributed by atoms with Crippen molar-refractivity contribution in [3.63, 3.8) is 0 Å². The second-order valence-electron chi connectivity index (χ2n) is 2.70. The third kappa shape index (κ3) is 3.26. The van der Waals surface area contributed by atoms with Crippen molar-refractivity contribution in [2.24, 2.45) is 0 Å². The standard InChI is InChI=1S/C9H7Br2ClO2/c1-5-2-6(10)9(7(11)3-5)14-4-8(12)13/h2-3H,4H2,1H3. The van der Waals surface area contributed by atoms with Gasteiger partial charge in [0.25, 0.3) is 5.24 Å². The Morgan fingerprint density at radius 3 is 2.36 bits per heavy atom. The average Bonchev–Trinajstić information content (AvgIpc) is 2.01. The lowest BCUT2D eigenvalue weighted by Gasteiger charge is -2.08. The lowest BCUT2D eigenvalue weighted by molar-refractivity contribution is -0.113. The molecule has 0 bridgehead atoms. The molecule has 0 N–H and O–H groups in total. The molecule has 0 spiro atoms. The fourth-order valence-corrected chi connectivity index (χ4v) is 2.65. The molecule has 5 heteroatoms. The summed E-state index contributed by atoms with van der Waals surface area (Å²) in [7, 11) is 0. The minimum Gasteiger partial charge on any atom is -0.482 e. The van der Waals surface area contributed by atoms with Crippen molar-refractivity contribution in [3.8, 4) is 5.75 Å². The third-order valence-electron chi connectivity index (χ3n) is 1.47. The quantitative estimate of drug-likeness (QED) is 0.784. The van der Waals surface area contributed by atoms with Crippen molar-refractivity contribution in [2.75, 3.05) is 6.61 Å². The second kappa shape index (κ2) is 5.14. The van der Waals surface area contributed by atoms with Crippen LogP contribution in [-0.2, 0) is 4.79 Å². The summed E-state index contributed by atoms with van der Waals surface area (Å²) in [5, 5.41) is -0.524. The van der Waals surface area contributed by atoms with Crippen LogP contribution in [0.25, 0.3) is 0 Å². The molecule has 0 radical (unpaired) electrons. The van der Waals surface area contributed by atoms with Gasteiger partial charge in [0.05, 0.1) is 8.95 Å². The molecule has 1 aromatic rings. The van der Waals surface area contributed by atoms with Crippen molar-refractivity contribution in [3.05, 3.63) is 26.6 Å². The number of hydrogen-bond acceptors (Lipinski definition) is 2. The number of carbonyl (C=O) groups is 1. The lowest BCUT2D eigenvalue weighted by Crippen LogP contribution is -2.05. The van der Waals surface area contributed by atoms with E-state index in [2.05, 4.69) is 31.9 Å². The molecule has 76 valence electrons. The monoisotopic (exact) mass is 340 g/mol. The van der Waals surface area contributed by atoms with Gasteiger partial charge in [-0.25, -0.2) is 0 Å². The van der Waals surface area contributed by atoms with Gasteiger partial charge in [-0.05, 0) is 68.1 Å². The highest BCUT2D eigenvalue weighted by atomic mass is 79.9. The highest BCUT2D eigenvalue weighted by molar-refractivity contribution is 9.11. The highest BCUT2D eigenvalue weighted by Crippen LogP contribution is 2.34. The first-order valence-corrected chi connectivity index (χ1v) is 5.74. The normalized spacial score (nSPS) is 10.0. The molecule has 2 nitrogen and oxygen atoms in total. The average molecular weight is 342 g/mol. The van der Waals surface area contributed by atoms with E-state index < -0.39 is 5.24 Å². The van der Waals surface area contributed by atoms with Crippen molar-refractivity contribution < 1.29 is 9.53 Å². The lowest BCUT2D eigenvalue weighted by atomic mass is 10.2. The summed E-state index contributed by atoms with van der Waals surface area (Å²) in [6, 6.07) is 3.80. The topological polar surface area (TPSA) is 26.3 Å². The minimum absolute atomic E-state index is 0.137. The van der Waals surface area contributed by atoms with Crippen LogP contribution in [0.15, 0.2) is 21.1 Å². The van der Waals surface area contributed by atoms with Gasteiger partial charge in [0.1, 0.15) is 5.75 Å². The molecule has 0 unspecified atom stereocenters. The third-order valence-corrected chi connectivity index (χ3v) is 2.76. The molecule has 0 aromatic heterocycles. The number of ether oxygens (including phenoxy) is 1. The second-order valence-corrected chi connectivity index (χ2v) is 4.83. The molecule has 0 atom stereocenters. The van der Waals surface area contributed by atoms with Crippen molar-refractivity contribution in [1.29, 1.82) is 0 Å². The number of aryl methyl sites for hydroxylation is 1. The molecular formula is C9H7Br2ClO2. The Balaban J connectivity index is 2.91. The van der Waals surface area contributed by atoms with Gasteiger partial charge in [0.2, 0.25) is 0 Å². The van der Waals surface area contributed by atoms with Crippen molar-refractivity contribution >= 4 is 48.7 Å². The molecule has 0 aliphatic carbocycles. The van der Waals surface area contributed by atoms with Crippen molar-refractivity contribution in [2.45, 2.75) is 6.92 Å². The minimum atomic E-state index is -0.524. The fraction of sp³-hybridized carbons (Fsp3) is 0.222. The molecule has 0 aliphatic rings. The molecule has 0 heterocycles. The molecule has 0 aliphatic heterocycles. The van der Waals surface area contributed by atoms with E-state index in [1.54, 1.807) is 0 Å². The van der Waals surface area contributed by atoms with E-state index in [1.807, 2.05) is 19.1 Å². The highest BCUT2D eigenvalue weighted by Gasteiger charge is 2.08. The molecule has 0 fully saturated rings.